The molecule has 0 spiro atoms. The fourth-order valence-electron chi connectivity index (χ4n) is 9.77. The normalized spacial score (nSPS) is 13.9. The lowest BCUT2D eigenvalue weighted by Crippen LogP contribution is -2.31. The van der Waals surface area contributed by atoms with E-state index in [-0.39, 0.29) is 5.41 Å². The molecule has 0 radical (unpaired) electrons. The van der Waals surface area contributed by atoms with Gasteiger partial charge in [0.2, 0.25) is 0 Å². The molecule has 0 bridgehead atoms. The zero-order valence-corrected chi connectivity index (χ0v) is 32.3. The fraction of sp³-hybridized carbons (Fsp3) is 0.0545. The highest BCUT2D eigenvalue weighted by atomic mass is 16.5. The summed E-state index contributed by atoms with van der Waals surface area (Å²) in [5, 5.41) is 9.83. The average molecular weight is 743 g/mol. The Bertz CT molecular complexity index is 3310. The summed E-state index contributed by atoms with van der Waals surface area (Å²) in [5.41, 5.74) is 11.3. The van der Waals surface area contributed by atoms with E-state index in [9.17, 15) is 0 Å². The zero-order valence-electron chi connectivity index (χ0n) is 32.3. The van der Waals surface area contributed by atoms with Gasteiger partial charge in [0.1, 0.15) is 0 Å². The second kappa shape index (κ2) is 12.3. The van der Waals surface area contributed by atoms with Crippen molar-refractivity contribution in [2.24, 2.45) is 0 Å². The van der Waals surface area contributed by atoms with Gasteiger partial charge in [-0.05, 0) is 121 Å². The lowest BCUT2D eigenvalue weighted by Gasteiger charge is -2.43. The summed E-state index contributed by atoms with van der Waals surface area (Å²) < 4.78 is 6.94. The molecular weight excluding hydrogens is 705 g/mol. The van der Waals surface area contributed by atoms with Crippen molar-refractivity contribution in [3.63, 3.8) is 0 Å². The van der Waals surface area contributed by atoms with Gasteiger partial charge in [-0.3, -0.25) is 0 Å². The molecule has 274 valence electrons. The monoisotopic (exact) mass is 742 g/mol. The van der Waals surface area contributed by atoms with Crippen molar-refractivity contribution in [2.45, 2.75) is 19.3 Å². The Morgan fingerprint density at radius 3 is 1.72 bits per heavy atom. The maximum absolute atomic E-state index is 6.94. The molecule has 0 N–H and O–H groups in total. The molecule has 3 nitrogen and oxygen atoms in total. The van der Waals surface area contributed by atoms with Crippen molar-refractivity contribution in [2.75, 3.05) is 9.80 Å². The summed E-state index contributed by atoms with van der Waals surface area (Å²) in [6, 6.07) is 70.7. The van der Waals surface area contributed by atoms with Crippen LogP contribution < -0.4 is 14.5 Å². The molecule has 10 aromatic rings. The third-order valence-electron chi connectivity index (χ3n) is 12.5. The quantitative estimate of drug-likeness (QED) is 0.168. The number of hydrogen-bond acceptors (Lipinski definition) is 3. The lowest BCUT2D eigenvalue weighted by atomic mass is 9.71. The predicted octanol–water partition coefficient (Wildman–Crippen LogP) is 15.7. The largest absolute Gasteiger partial charge is 0.452 e. The van der Waals surface area contributed by atoms with E-state index in [0.29, 0.717) is 0 Å². The van der Waals surface area contributed by atoms with E-state index in [1.165, 1.54) is 54.8 Å². The molecule has 58 heavy (non-hydrogen) atoms. The van der Waals surface area contributed by atoms with Gasteiger partial charge in [0.15, 0.2) is 11.5 Å². The number of hydrogen-bond donors (Lipinski definition) is 0. The van der Waals surface area contributed by atoms with Crippen molar-refractivity contribution in [1.82, 2.24) is 0 Å². The third kappa shape index (κ3) is 4.80. The van der Waals surface area contributed by atoms with E-state index >= 15 is 0 Å². The molecule has 12 rings (SSSR count). The van der Waals surface area contributed by atoms with Gasteiger partial charge in [-0.1, -0.05) is 147 Å². The molecule has 0 aliphatic carbocycles. The Morgan fingerprint density at radius 2 is 0.931 bits per heavy atom. The standard InChI is InChI=1S/C55H38N2O/c1-55(2)47-33-38(39-25-29-49-52(34-39)58-54-46-19-11-8-14-37(46)23-31-51(54)56(49)41-15-4-3-5-16-41)24-28-48(47)57(50-30-22-36-13-7-10-18-45(36)53(50)55)42-26-27-44-40(32-42)21-20-35-12-6-9-17-43(35)44/h3-34H,1-2H3. The number of fused-ring (bicyclic) bond motifs is 11. The first kappa shape index (κ1) is 32.8. The molecule has 0 saturated heterocycles. The minimum absolute atomic E-state index is 0.294. The van der Waals surface area contributed by atoms with Crippen molar-refractivity contribution < 1.29 is 4.74 Å². The first-order chi connectivity index (χ1) is 28.5. The Morgan fingerprint density at radius 1 is 0.379 bits per heavy atom. The molecule has 0 amide bonds. The van der Waals surface area contributed by atoms with Gasteiger partial charge >= 0.3 is 0 Å². The molecule has 0 unspecified atom stereocenters. The van der Waals surface area contributed by atoms with E-state index in [4.69, 9.17) is 4.74 Å². The van der Waals surface area contributed by atoms with Crippen molar-refractivity contribution >= 4 is 77.2 Å². The first-order valence-corrected chi connectivity index (χ1v) is 20.1. The van der Waals surface area contributed by atoms with Crippen LogP contribution in [0.4, 0.5) is 34.1 Å². The maximum atomic E-state index is 6.94. The van der Waals surface area contributed by atoms with E-state index in [0.717, 1.165) is 56.1 Å². The molecule has 0 aromatic heterocycles. The van der Waals surface area contributed by atoms with Crippen molar-refractivity contribution in [3.05, 3.63) is 205 Å². The topological polar surface area (TPSA) is 15.7 Å². The van der Waals surface area contributed by atoms with Crippen LogP contribution in [0.3, 0.4) is 0 Å². The number of nitrogens with zero attached hydrogens (tertiary/aromatic N) is 2. The van der Waals surface area contributed by atoms with Gasteiger partial charge in [-0.2, -0.15) is 0 Å². The molecule has 3 heteroatoms. The molecule has 0 atom stereocenters. The van der Waals surface area contributed by atoms with Gasteiger partial charge in [0, 0.05) is 22.2 Å². The Labute approximate surface area is 337 Å². The maximum Gasteiger partial charge on any atom is 0.159 e. The SMILES string of the molecule is CC1(C)c2cc(-c3ccc4c(c3)Oc3c(ccc5ccccc35)N4c3ccccc3)ccc2N(c2ccc3c(ccc4ccccc43)c2)c2ccc3ccccc3c21. The van der Waals surface area contributed by atoms with Crippen molar-refractivity contribution in [3.8, 4) is 22.6 Å². The van der Waals surface area contributed by atoms with E-state index in [1.54, 1.807) is 0 Å². The molecule has 2 heterocycles. The molecule has 2 aliphatic heterocycles. The van der Waals surface area contributed by atoms with Crippen LogP contribution in [-0.2, 0) is 5.41 Å². The smallest absolute Gasteiger partial charge is 0.159 e. The number of rotatable bonds is 3. The molecule has 0 fully saturated rings. The number of ether oxygens (including phenoxy) is 1. The summed E-state index contributed by atoms with van der Waals surface area (Å²) in [6.07, 6.45) is 0. The van der Waals surface area contributed by atoms with Gasteiger partial charge in [-0.25, -0.2) is 0 Å². The van der Waals surface area contributed by atoms with Crippen molar-refractivity contribution in [1.29, 1.82) is 0 Å². The predicted molar refractivity (Wildman–Crippen MR) is 243 cm³/mol. The summed E-state index contributed by atoms with van der Waals surface area (Å²) in [5.74, 6) is 1.71. The highest BCUT2D eigenvalue weighted by Gasteiger charge is 2.39. The minimum Gasteiger partial charge on any atom is -0.452 e. The van der Waals surface area contributed by atoms with Crippen LogP contribution >= 0.6 is 0 Å². The molecule has 2 aliphatic rings. The Hall–Kier alpha value is -7.36. The van der Waals surface area contributed by atoms with Crippen LogP contribution in [0.2, 0.25) is 0 Å². The van der Waals surface area contributed by atoms with Crippen LogP contribution in [0.25, 0.3) is 54.2 Å². The van der Waals surface area contributed by atoms with E-state index in [2.05, 4.69) is 218 Å². The lowest BCUT2D eigenvalue weighted by molar-refractivity contribution is 0.483. The second-order valence-corrected chi connectivity index (χ2v) is 16.2. The highest BCUT2D eigenvalue weighted by molar-refractivity contribution is 6.09. The molecule has 0 saturated carbocycles. The fourth-order valence-corrected chi connectivity index (χ4v) is 9.77. The first-order valence-electron chi connectivity index (χ1n) is 20.1. The number of anilines is 6. The van der Waals surface area contributed by atoms with Gasteiger partial charge in [0.05, 0.1) is 22.7 Å². The van der Waals surface area contributed by atoms with Gasteiger partial charge < -0.3 is 14.5 Å². The molecule has 10 aromatic carbocycles. The highest BCUT2D eigenvalue weighted by Crippen LogP contribution is 2.56. The summed E-state index contributed by atoms with van der Waals surface area (Å²) in [4.78, 5) is 4.81. The second-order valence-electron chi connectivity index (χ2n) is 16.2. The summed E-state index contributed by atoms with van der Waals surface area (Å²) >= 11 is 0. The number of para-hydroxylation sites is 1. The van der Waals surface area contributed by atoms with Crippen LogP contribution in [0.5, 0.6) is 11.5 Å². The average Bonchev–Trinajstić information content (AvgIpc) is 3.28. The Balaban J connectivity index is 1.04. The van der Waals surface area contributed by atoms with Crippen LogP contribution in [0, 0.1) is 0 Å². The molecular formula is C55H38N2O. The zero-order chi connectivity index (χ0) is 38.5. The van der Waals surface area contributed by atoms with Crippen LogP contribution in [0.15, 0.2) is 194 Å². The third-order valence-corrected chi connectivity index (χ3v) is 12.5. The minimum atomic E-state index is -0.294. The van der Waals surface area contributed by atoms with Crippen LogP contribution in [0.1, 0.15) is 25.0 Å². The van der Waals surface area contributed by atoms with Crippen LogP contribution in [-0.4, -0.2) is 0 Å². The van der Waals surface area contributed by atoms with Gasteiger partial charge in [0.25, 0.3) is 0 Å². The summed E-state index contributed by atoms with van der Waals surface area (Å²) in [6.45, 7) is 4.78. The van der Waals surface area contributed by atoms with Gasteiger partial charge in [-0.15, -0.1) is 0 Å². The van der Waals surface area contributed by atoms with E-state index < -0.39 is 0 Å². The number of benzene rings is 10. The van der Waals surface area contributed by atoms with E-state index in [1.807, 2.05) is 0 Å². The Kier molecular flexibility index (Phi) is 6.98. The summed E-state index contributed by atoms with van der Waals surface area (Å²) in [7, 11) is 0.